The van der Waals surface area contributed by atoms with Crippen LogP contribution in [0.5, 0.6) is 0 Å². The molecule has 4 rings (SSSR count). The van der Waals surface area contributed by atoms with Crippen LogP contribution in [0.4, 0.5) is 5.82 Å². The van der Waals surface area contributed by atoms with E-state index >= 15 is 0 Å². The predicted molar refractivity (Wildman–Crippen MR) is 119 cm³/mol. The average molecular weight is 387 g/mol. The molecule has 7 heteroatoms. The lowest BCUT2D eigenvalue weighted by Crippen LogP contribution is -2.43. The number of aliphatic imine (C=N–C) groups is 1. The van der Waals surface area contributed by atoms with Crippen LogP contribution < -0.4 is 10.6 Å². The number of anilines is 1. The number of allylic oxidation sites excluding steroid dienone is 3. The van der Waals surface area contributed by atoms with Gasteiger partial charge in [-0.1, -0.05) is 12.1 Å². The largest absolute Gasteiger partial charge is 0.355 e. The highest BCUT2D eigenvalue weighted by atomic mass is 15.2. The third-order valence-corrected chi connectivity index (χ3v) is 5.15. The van der Waals surface area contributed by atoms with Crippen molar-refractivity contribution in [2.75, 3.05) is 18.0 Å². The van der Waals surface area contributed by atoms with Gasteiger partial charge in [-0.15, -0.1) is 0 Å². The Morgan fingerprint density at radius 1 is 1.41 bits per heavy atom. The molecule has 29 heavy (non-hydrogen) atoms. The van der Waals surface area contributed by atoms with E-state index in [4.69, 9.17) is 10.7 Å². The normalized spacial score (nSPS) is 17.9. The Hall–Kier alpha value is -3.32. The first kappa shape index (κ1) is 19.0. The number of rotatable bonds is 5. The molecule has 1 saturated heterocycles. The van der Waals surface area contributed by atoms with Gasteiger partial charge in [-0.3, -0.25) is 15.1 Å². The van der Waals surface area contributed by atoms with E-state index in [1.54, 1.807) is 6.20 Å². The van der Waals surface area contributed by atoms with Crippen LogP contribution in [0, 0.1) is 0 Å². The lowest BCUT2D eigenvalue weighted by molar-refractivity contribution is 0.503. The second-order valence-electron chi connectivity index (χ2n) is 7.29. The summed E-state index contributed by atoms with van der Waals surface area (Å²) in [4.78, 5) is 15.4. The molecule has 1 atom stereocenters. The second kappa shape index (κ2) is 8.36. The van der Waals surface area contributed by atoms with Crippen LogP contribution in [0.3, 0.4) is 0 Å². The summed E-state index contributed by atoms with van der Waals surface area (Å²) in [6.07, 6.45) is 9.42. The first-order valence-electron chi connectivity index (χ1n) is 9.77. The minimum atomic E-state index is 0.203. The van der Waals surface area contributed by atoms with Crippen LogP contribution in [0.2, 0.25) is 0 Å². The number of hydrogen-bond acceptors (Lipinski definition) is 6. The summed E-state index contributed by atoms with van der Waals surface area (Å²) in [5.74, 6) is 0.946. The van der Waals surface area contributed by atoms with Crippen molar-refractivity contribution in [1.82, 2.24) is 20.2 Å². The van der Waals surface area contributed by atoms with E-state index in [1.165, 1.54) is 0 Å². The first-order valence-corrected chi connectivity index (χ1v) is 9.77. The molecule has 4 heterocycles. The van der Waals surface area contributed by atoms with Gasteiger partial charge >= 0.3 is 0 Å². The second-order valence-corrected chi connectivity index (χ2v) is 7.29. The van der Waals surface area contributed by atoms with Gasteiger partial charge in [0.15, 0.2) is 0 Å². The molecular weight excluding hydrogens is 362 g/mol. The number of pyridine rings is 2. The Labute approximate surface area is 170 Å². The van der Waals surface area contributed by atoms with E-state index in [-0.39, 0.29) is 6.04 Å². The summed E-state index contributed by atoms with van der Waals surface area (Å²) < 4.78 is 0. The fraction of sp³-hybridized carbons (Fsp3) is 0.273. The van der Waals surface area contributed by atoms with Crippen molar-refractivity contribution in [3.05, 3.63) is 54.5 Å². The Morgan fingerprint density at radius 2 is 2.31 bits per heavy atom. The van der Waals surface area contributed by atoms with E-state index in [1.807, 2.05) is 49.5 Å². The van der Waals surface area contributed by atoms with Crippen molar-refractivity contribution >= 4 is 29.0 Å². The molecule has 1 aliphatic heterocycles. The molecule has 3 N–H and O–H groups in total. The smallest absolute Gasteiger partial charge is 0.129 e. The van der Waals surface area contributed by atoms with Gasteiger partial charge in [-0.2, -0.15) is 5.10 Å². The number of nitrogens with one attached hydrogen (secondary N) is 1. The van der Waals surface area contributed by atoms with Crippen molar-refractivity contribution < 1.29 is 0 Å². The number of nitrogens with two attached hydrogens (primary N) is 1. The van der Waals surface area contributed by atoms with Crippen molar-refractivity contribution in [3.8, 4) is 11.4 Å². The highest BCUT2D eigenvalue weighted by Gasteiger charge is 2.19. The number of aromatic amines is 1. The van der Waals surface area contributed by atoms with Gasteiger partial charge in [0.2, 0.25) is 0 Å². The molecular formula is C22H25N7. The van der Waals surface area contributed by atoms with Crippen LogP contribution in [-0.2, 0) is 0 Å². The predicted octanol–water partition coefficient (Wildman–Crippen LogP) is 3.57. The molecule has 0 aromatic carbocycles. The molecule has 0 saturated carbocycles. The molecule has 1 aliphatic rings. The van der Waals surface area contributed by atoms with E-state index < -0.39 is 0 Å². The van der Waals surface area contributed by atoms with E-state index in [0.29, 0.717) is 0 Å². The topological polar surface area (TPSA) is 96.1 Å². The van der Waals surface area contributed by atoms with E-state index in [2.05, 4.69) is 31.8 Å². The van der Waals surface area contributed by atoms with Gasteiger partial charge < -0.3 is 10.6 Å². The molecule has 0 spiro atoms. The first-order chi connectivity index (χ1) is 14.2. The number of nitrogens with zero attached hydrogens (tertiary/aromatic N) is 5. The Bertz CT molecular complexity index is 1080. The molecule has 3 aromatic rings. The summed E-state index contributed by atoms with van der Waals surface area (Å²) in [5.41, 5.74) is 10.6. The van der Waals surface area contributed by atoms with Crippen molar-refractivity contribution in [2.24, 2.45) is 10.7 Å². The number of piperidine rings is 1. The Morgan fingerprint density at radius 3 is 3.14 bits per heavy atom. The van der Waals surface area contributed by atoms with Gasteiger partial charge in [-0.05, 0) is 56.3 Å². The summed E-state index contributed by atoms with van der Waals surface area (Å²) in [6.45, 7) is 7.28. The zero-order valence-corrected chi connectivity index (χ0v) is 16.5. The molecule has 0 unspecified atom stereocenters. The van der Waals surface area contributed by atoms with Crippen molar-refractivity contribution in [3.63, 3.8) is 0 Å². The lowest BCUT2D eigenvalue weighted by Gasteiger charge is -2.31. The van der Waals surface area contributed by atoms with Crippen LogP contribution in [0.15, 0.2) is 53.8 Å². The highest BCUT2D eigenvalue weighted by molar-refractivity contribution is 5.93. The highest BCUT2D eigenvalue weighted by Crippen LogP contribution is 2.28. The van der Waals surface area contributed by atoms with Gasteiger partial charge in [0, 0.05) is 30.7 Å². The van der Waals surface area contributed by atoms with Crippen LogP contribution in [0.25, 0.3) is 27.9 Å². The van der Waals surface area contributed by atoms with Crippen molar-refractivity contribution in [2.45, 2.75) is 25.8 Å². The fourth-order valence-corrected chi connectivity index (χ4v) is 3.61. The van der Waals surface area contributed by atoms with Gasteiger partial charge in [-0.25, -0.2) is 4.98 Å². The summed E-state index contributed by atoms with van der Waals surface area (Å²) in [7, 11) is 0. The molecule has 0 radical (unpaired) electrons. The SMILES string of the molecule is C=N/C=C\C=C(/C)c1cc2c(-c3cccc(N4CCC[C@@H](N)C4)n3)n[nH]c2cn1. The lowest BCUT2D eigenvalue weighted by atomic mass is 10.1. The number of aromatic nitrogens is 4. The molecule has 0 aliphatic carbocycles. The van der Waals surface area contributed by atoms with Crippen molar-refractivity contribution in [1.29, 1.82) is 0 Å². The molecule has 0 bridgehead atoms. The minimum absolute atomic E-state index is 0.203. The van der Waals surface area contributed by atoms with Gasteiger partial charge in [0.1, 0.15) is 11.5 Å². The number of hydrogen-bond donors (Lipinski definition) is 2. The maximum atomic E-state index is 6.14. The molecule has 148 valence electrons. The summed E-state index contributed by atoms with van der Waals surface area (Å²) >= 11 is 0. The zero-order chi connectivity index (χ0) is 20.2. The minimum Gasteiger partial charge on any atom is -0.355 e. The third-order valence-electron chi connectivity index (χ3n) is 5.15. The summed E-state index contributed by atoms with van der Waals surface area (Å²) in [6, 6.07) is 8.30. The number of fused-ring (bicyclic) bond motifs is 1. The summed E-state index contributed by atoms with van der Waals surface area (Å²) in [5, 5.41) is 8.58. The van der Waals surface area contributed by atoms with Crippen LogP contribution in [0.1, 0.15) is 25.5 Å². The van der Waals surface area contributed by atoms with E-state index in [0.717, 1.165) is 65.3 Å². The molecule has 3 aromatic heterocycles. The Balaban J connectivity index is 1.70. The van der Waals surface area contributed by atoms with E-state index in [9.17, 15) is 0 Å². The monoisotopic (exact) mass is 387 g/mol. The number of H-pyrrole nitrogens is 1. The van der Waals surface area contributed by atoms with Gasteiger partial charge in [0.25, 0.3) is 0 Å². The maximum Gasteiger partial charge on any atom is 0.129 e. The quantitative estimate of drug-likeness (QED) is 0.515. The molecule has 7 nitrogen and oxygen atoms in total. The maximum absolute atomic E-state index is 6.14. The third kappa shape index (κ3) is 4.09. The van der Waals surface area contributed by atoms with Crippen LogP contribution in [-0.4, -0.2) is 46.0 Å². The standard InChI is InChI=1S/C22H25N7/c1-15(6-4-10-24-2)19-12-17-20(13-25-19)27-28-22(17)18-8-3-9-21(26-18)29-11-5-7-16(23)14-29/h3-4,6,8-10,12-13,16H,2,5,7,11,14,23H2,1H3,(H,27,28)/b10-4-,15-6+/t16-/m1/s1. The Kier molecular flexibility index (Phi) is 5.48. The van der Waals surface area contributed by atoms with Crippen LogP contribution >= 0.6 is 0 Å². The molecule has 1 fully saturated rings. The van der Waals surface area contributed by atoms with Gasteiger partial charge in [0.05, 0.1) is 23.1 Å². The zero-order valence-electron chi connectivity index (χ0n) is 16.5. The fourth-order valence-electron chi connectivity index (χ4n) is 3.61. The molecule has 0 amide bonds. The average Bonchev–Trinajstić information content (AvgIpc) is 3.17.